The van der Waals surface area contributed by atoms with E-state index in [0.717, 1.165) is 23.6 Å². The molecule has 24 heavy (non-hydrogen) atoms. The lowest BCUT2D eigenvalue weighted by molar-refractivity contribution is -0.131. The van der Waals surface area contributed by atoms with Gasteiger partial charge < -0.3 is 20.3 Å². The lowest BCUT2D eigenvalue weighted by Crippen LogP contribution is -2.50. The minimum absolute atomic E-state index is 0.0758. The molecule has 0 aliphatic carbocycles. The number of rotatable bonds is 4. The number of aromatic nitrogens is 2. The van der Waals surface area contributed by atoms with Gasteiger partial charge in [0.1, 0.15) is 11.6 Å². The summed E-state index contributed by atoms with van der Waals surface area (Å²) in [7, 11) is 1.64. The minimum Gasteiger partial charge on any atom is -0.497 e. The SMILES string of the molecule is COc1ccc(CN2CCN(c3cc(C)nc(N)n3)CC2=O)cc1. The van der Waals surface area contributed by atoms with Gasteiger partial charge in [-0.3, -0.25) is 4.79 Å². The minimum atomic E-state index is 0.0758. The third kappa shape index (κ3) is 3.56. The number of carbonyl (C=O) groups excluding carboxylic acids is 1. The molecule has 1 aromatic heterocycles. The lowest BCUT2D eigenvalue weighted by atomic mass is 10.2. The van der Waals surface area contributed by atoms with Crippen LogP contribution in [0.15, 0.2) is 30.3 Å². The number of hydrogen-bond acceptors (Lipinski definition) is 6. The molecule has 7 heteroatoms. The van der Waals surface area contributed by atoms with E-state index in [-0.39, 0.29) is 11.9 Å². The Morgan fingerprint density at radius 1 is 1.21 bits per heavy atom. The topological polar surface area (TPSA) is 84.6 Å². The van der Waals surface area contributed by atoms with E-state index in [0.29, 0.717) is 25.5 Å². The van der Waals surface area contributed by atoms with Gasteiger partial charge in [0.25, 0.3) is 0 Å². The van der Waals surface area contributed by atoms with Crippen molar-refractivity contribution in [3.8, 4) is 5.75 Å². The summed E-state index contributed by atoms with van der Waals surface area (Å²) >= 11 is 0. The van der Waals surface area contributed by atoms with Crippen LogP contribution in [0.2, 0.25) is 0 Å². The normalized spacial score (nSPS) is 14.8. The first kappa shape index (κ1) is 16.0. The largest absolute Gasteiger partial charge is 0.497 e. The van der Waals surface area contributed by atoms with E-state index in [2.05, 4.69) is 9.97 Å². The highest BCUT2D eigenvalue weighted by atomic mass is 16.5. The second kappa shape index (κ2) is 6.74. The number of aryl methyl sites for hydroxylation is 1. The van der Waals surface area contributed by atoms with Crippen LogP contribution in [-0.4, -0.2) is 47.5 Å². The number of carbonyl (C=O) groups is 1. The van der Waals surface area contributed by atoms with Gasteiger partial charge in [-0.05, 0) is 24.6 Å². The predicted octanol–water partition coefficient (Wildman–Crippen LogP) is 1.22. The molecule has 1 saturated heterocycles. The first-order chi connectivity index (χ1) is 11.5. The van der Waals surface area contributed by atoms with Gasteiger partial charge in [-0.15, -0.1) is 0 Å². The fourth-order valence-corrected chi connectivity index (χ4v) is 2.76. The van der Waals surface area contributed by atoms with Crippen LogP contribution >= 0.6 is 0 Å². The Morgan fingerprint density at radius 3 is 2.58 bits per heavy atom. The zero-order valence-corrected chi connectivity index (χ0v) is 13.9. The molecule has 1 aromatic carbocycles. The van der Waals surface area contributed by atoms with Gasteiger partial charge in [-0.25, -0.2) is 4.98 Å². The zero-order valence-electron chi connectivity index (χ0n) is 13.9. The van der Waals surface area contributed by atoms with Gasteiger partial charge in [-0.1, -0.05) is 12.1 Å². The Bertz CT molecular complexity index is 712. The average Bonchev–Trinajstić information content (AvgIpc) is 2.56. The molecule has 0 saturated carbocycles. The Morgan fingerprint density at radius 2 is 1.96 bits per heavy atom. The second-order valence-corrected chi connectivity index (χ2v) is 5.81. The van der Waals surface area contributed by atoms with Crippen molar-refractivity contribution in [2.75, 3.05) is 37.4 Å². The van der Waals surface area contributed by atoms with E-state index < -0.39 is 0 Å². The maximum Gasteiger partial charge on any atom is 0.242 e. The summed E-state index contributed by atoms with van der Waals surface area (Å²) in [4.78, 5) is 24.6. The number of nitrogen functional groups attached to an aromatic ring is 1. The van der Waals surface area contributed by atoms with Crippen molar-refractivity contribution in [2.24, 2.45) is 0 Å². The van der Waals surface area contributed by atoms with Gasteiger partial charge in [0.2, 0.25) is 11.9 Å². The summed E-state index contributed by atoms with van der Waals surface area (Å²) in [5.41, 5.74) is 7.58. The van der Waals surface area contributed by atoms with Crippen LogP contribution in [0.3, 0.4) is 0 Å². The number of nitrogens with two attached hydrogens (primary N) is 1. The maximum absolute atomic E-state index is 12.5. The Balaban J connectivity index is 1.65. The molecular weight excluding hydrogens is 306 g/mol. The molecule has 1 aliphatic heterocycles. The Labute approximate surface area is 141 Å². The van der Waals surface area contributed by atoms with Crippen molar-refractivity contribution >= 4 is 17.7 Å². The molecule has 2 aromatic rings. The molecule has 0 unspecified atom stereocenters. The Kier molecular flexibility index (Phi) is 4.50. The number of amides is 1. The van der Waals surface area contributed by atoms with Crippen LogP contribution in [-0.2, 0) is 11.3 Å². The summed E-state index contributed by atoms with van der Waals surface area (Å²) in [6.45, 7) is 4.13. The zero-order chi connectivity index (χ0) is 17.1. The van der Waals surface area contributed by atoms with Crippen LogP contribution in [0.5, 0.6) is 5.75 Å². The fourth-order valence-electron chi connectivity index (χ4n) is 2.76. The van der Waals surface area contributed by atoms with Crippen molar-refractivity contribution in [1.29, 1.82) is 0 Å². The van der Waals surface area contributed by atoms with Crippen LogP contribution in [0.1, 0.15) is 11.3 Å². The summed E-state index contributed by atoms with van der Waals surface area (Å²) < 4.78 is 5.15. The van der Waals surface area contributed by atoms with Crippen LogP contribution in [0.4, 0.5) is 11.8 Å². The molecule has 1 amide bonds. The van der Waals surface area contributed by atoms with E-state index in [1.165, 1.54) is 0 Å². The number of piperazine rings is 1. The first-order valence-corrected chi connectivity index (χ1v) is 7.82. The monoisotopic (exact) mass is 327 g/mol. The van der Waals surface area contributed by atoms with E-state index >= 15 is 0 Å². The lowest BCUT2D eigenvalue weighted by Gasteiger charge is -2.35. The van der Waals surface area contributed by atoms with Gasteiger partial charge in [0.05, 0.1) is 13.7 Å². The van der Waals surface area contributed by atoms with Gasteiger partial charge >= 0.3 is 0 Å². The highest BCUT2D eigenvalue weighted by Gasteiger charge is 2.25. The molecule has 0 radical (unpaired) electrons. The van der Waals surface area contributed by atoms with E-state index in [4.69, 9.17) is 10.5 Å². The average molecular weight is 327 g/mol. The Hall–Kier alpha value is -2.83. The highest BCUT2D eigenvalue weighted by molar-refractivity contribution is 5.82. The summed E-state index contributed by atoms with van der Waals surface area (Å²) in [6.07, 6.45) is 0. The molecule has 1 fully saturated rings. The van der Waals surface area contributed by atoms with Crippen molar-refractivity contribution in [3.05, 3.63) is 41.6 Å². The number of anilines is 2. The molecule has 0 atom stereocenters. The van der Waals surface area contributed by atoms with Crippen molar-refractivity contribution < 1.29 is 9.53 Å². The van der Waals surface area contributed by atoms with Crippen molar-refractivity contribution in [2.45, 2.75) is 13.5 Å². The molecule has 2 N–H and O–H groups in total. The number of benzene rings is 1. The molecule has 1 aliphatic rings. The number of methoxy groups -OCH3 is 1. The summed E-state index contributed by atoms with van der Waals surface area (Å²) in [5, 5.41) is 0. The van der Waals surface area contributed by atoms with Gasteiger partial charge in [0, 0.05) is 31.4 Å². The van der Waals surface area contributed by atoms with E-state index in [9.17, 15) is 4.79 Å². The molecule has 126 valence electrons. The molecule has 7 nitrogen and oxygen atoms in total. The quantitative estimate of drug-likeness (QED) is 0.909. The van der Waals surface area contributed by atoms with Crippen molar-refractivity contribution in [1.82, 2.24) is 14.9 Å². The molecule has 3 rings (SSSR count). The number of ether oxygens (including phenoxy) is 1. The van der Waals surface area contributed by atoms with Crippen molar-refractivity contribution in [3.63, 3.8) is 0 Å². The second-order valence-electron chi connectivity index (χ2n) is 5.81. The molecule has 0 bridgehead atoms. The van der Waals surface area contributed by atoms with E-state index in [1.807, 2.05) is 47.1 Å². The summed E-state index contributed by atoms with van der Waals surface area (Å²) in [5.74, 6) is 1.83. The van der Waals surface area contributed by atoms with Crippen LogP contribution in [0, 0.1) is 6.92 Å². The standard InChI is InChI=1S/C17H21N5O2/c1-12-9-15(20-17(18)19-12)21-7-8-22(16(23)11-21)10-13-3-5-14(24-2)6-4-13/h3-6,9H,7-8,10-11H2,1-2H3,(H2,18,19,20). The predicted molar refractivity (Wildman–Crippen MR) is 91.8 cm³/mol. The number of hydrogen-bond donors (Lipinski definition) is 1. The first-order valence-electron chi connectivity index (χ1n) is 7.82. The third-order valence-corrected chi connectivity index (χ3v) is 4.03. The smallest absolute Gasteiger partial charge is 0.242 e. The van der Waals surface area contributed by atoms with Crippen LogP contribution in [0.25, 0.3) is 0 Å². The number of nitrogens with zero attached hydrogens (tertiary/aromatic N) is 4. The molecule has 0 spiro atoms. The third-order valence-electron chi connectivity index (χ3n) is 4.03. The maximum atomic E-state index is 12.5. The van der Waals surface area contributed by atoms with Gasteiger partial charge in [0.15, 0.2) is 0 Å². The van der Waals surface area contributed by atoms with E-state index in [1.54, 1.807) is 7.11 Å². The summed E-state index contributed by atoms with van der Waals surface area (Å²) in [6, 6.07) is 9.62. The highest BCUT2D eigenvalue weighted by Crippen LogP contribution is 2.18. The van der Waals surface area contributed by atoms with Crippen LogP contribution < -0.4 is 15.4 Å². The van der Waals surface area contributed by atoms with Gasteiger partial charge in [-0.2, -0.15) is 4.98 Å². The molecule has 2 heterocycles. The fraction of sp³-hybridized carbons (Fsp3) is 0.353. The molecular formula is C17H21N5O2.